The number of rotatable bonds is 5. The molecule has 2 aromatic heterocycles. The number of amides is 1. The molecule has 6 nitrogen and oxygen atoms in total. The molecule has 158 valence electrons. The van der Waals surface area contributed by atoms with Gasteiger partial charge < -0.3 is 9.42 Å². The smallest absolute Gasteiger partial charge is 0.276 e. The lowest BCUT2D eigenvalue weighted by atomic mass is 9.90. The van der Waals surface area contributed by atoms with Crippen LogP contribution in [0.2, 0.25) is 5.02 Å². The predicted molar refractivity (Wildman–Crippen MR) is 116 cm³/mol. The average molecular weight is 427 g/mol. The molecule has 1 aliphatic heterocycles. The topological polar surface area (TPSA) is 64.2 Å². The Morgan fingerprint density at radius 1 is 1.17 bits per heavy atom. The number of benzene rings is 1. The first kappa shape index (κ1) is 20.7. The van der Waals surface area contributed by atoms with E-state index in [2.05, 4.69) is 34.5 Å². The van der Waals surface area contributed by atoms with Crippen molar-refractivity contribution in [1.82, 2.24) is 19.8 Å². The van der Waals surface area contributed by atoms with E-state index in [0.29, 0.717) is 28.9 Å². The second-order valence-corrected chi connectivity index (χ2v) is 8.51. The first-order valence-corrected chi connectivity index (χ1v) is 10.8. The van der Waals surface area contributed by atoms with Crippen molar-refractivity contribution in [2.75, 3.05) is 13.1 Å². The fraction of sp³-hybridized carbons (Fsp3) is 0.435. The van der Waals surface area contributed by atoms with Gasteiger partial charge in [-0.15, -0.1) is 0 Å². The standard InChI is InChI=1S/C23H27ClN4O2/c1-15-21(24)16(2)28(25-15)14-20-17(3)30-26-22(20)23(29)27-11-9-19(10-12-27)13-18-7-5-4-6-8-18/h4-8,19H,9-14H2,1-3H3. The molecule has 1 saturated heterocycles. The van der Waals surface area contributed by atoms with Crippen molar-refractivity contribution < 1.29 is 9.32 Å². The van der Waals surface area contributed by atoms with E-state index >= 15 is 0 Å². The summed E-state index contributed by atoms with van der Waals surface area (Å²) in [4.78, 5) is 15.1. The third-order valence-electron chi connectivity index (χ3n) is 6.06. The molecule has 1 aromatic carbocycles. The van der Waals surface area contributed by atoms with Gasteiger partial charge in [0.05, 0.1) is 23.0 Å². The van der Waals surface area contributed by atoms with Gasteiger partial charge in [-0.05, 0) is 51.5 Å². The van der Waals surface area contributed by atoms with Crippen LogP contribution in [0.1, 0.15) is 51.6 Å². The third-order valence-corrected chi connectivity index (χ3v) is 6.60. The molecule has 0 atom stereocenters. The molecule has 1 amide bonds. The zero-order valence-electron chi connectivity index (χ0n) is 17.7. The quantitative estimate of drug-likeness (QED) is 0.598. The van der Waals surface area contributed by atoms with Gasteiger partial charge in [-0.25, -0.2) is 0 Å². The first-order chi connectivity index (χ1) is 14.4. The van der Waals surface area contributed by atoms with E-state index in [1.54, 1.807) is 4.68 Å². The molecule has 0 aliphatic carbocycles. The van der Waals surface area contributed by atoms with Gasteiger partial charge >= 0.3 is 0 Å². The SMILES string of the molecule is Cc1nn(Cc2c(C(=O)N3CCC(Cc4ccccc4)CC3)noc2C)c(C)c1Cl. The van der Waals surface area contributed by atoms with Crippen LogP contribution in [0, 0.1) is 26.7 Å². The molecule has 1 aliphatic rings. The Kier molecular flexibility index (Phi) is 5.95. The minimum absolute atomic E-state index is 0.0624. The number of carbonyl (C=O) groups is 1. The van der Waals surface area contributed by atoms with Crippen molar-refractivity contribution in [2.24, 2.45) is 5.92 Å². The second-order valence-electron chi connectivity index (χ2n) is 8.13. The zero-order chi connectivity index (χ0) is 21.3. The minimum atomic E-state index is -0.0624. The van der Waals surface area contributed by atoms with Crippen LogP contribution in [0.15, 0.2) is 34.9 Å². The van der Waals surface area contributed by atoms with Gasteiger partial charge in [0.25, 0.3) is 5.91 Å². The van der Waals surface area contributed by atoms with Crippen molar-refractivity contribution in [3.05, 3.63) is 69.3 Å². The molecule has 0 unspecified atom stereocenters. The number of piperidine rings is 1. The van der Waals surface area contributed by atoms with Crippen molar-refractivity contribution in [3.8, 4) is 0 Å². The largest absolute Gasteiger partial charge is 0.361 e. The molecule has 0 radical (unpaired) electrons. The summed E-state index contributed by atoms with van der Waals surface area (Å²) < 4.78 is 7.19. The highest BCUT2D eigenvalue weighted by molar-refractivity contribution is 6.31. The van der Waals surface area contributed by atoms with Gasteiger partial charge in [-0.1, -0.05) is 47.1 Å². The molecule has 30 heavy (non-hydrogen) atoms. The van der Waals surface area contributed by atoms with Gasteiger partial charge in [-0.3, -0.25) is 9.48 Å². The highest BCUT2D eigenvalue weighted by atomic mass is 35.5. The van der Waals surface area contributed by atoms with Crippen molar-refractivity contribution in [1.29, 1.82) is 0 Å². The van der Waals surface area contributed by atoms with Gasteiger partial charge in [0.15, 0.2) is 5.69 Å². The molecule has 0 N–H and O–H groups in total. The third kappa shape index (κ3) is 4.15. The summed E-state index contributed by atoms with van der Waals surface area (Å²) in [5, 5.41) is 9.22. The lowest BCUT2D eigenvalue weighted by Gasteiger charge is -2.31. The summed E-state index contributed by atoms with van der Waals surface area (Å²) in [6.07, 6.45) is 3.07. The molecule has 1 fully saturated rings. The van der Waals surface area contributed by atoms with Crippen LogP contribution in [0.4, 0.5) is 0 Å². The normalized spacial score (nSPS) is 15.0. The van der Waals surface area contributed by atoms with E-state index in [1.807, 2.05) is 31.7 Å². The number of halogens is 1. The number of hydrogen-bond donors (Lipinski definition) is 0. The summed E-state index contributed by atoms with van der Waals surface area (Å²) in [6, 6.07) is 10.6. The van der Waals surface area contributed by atoms with Crippen LogP contribution in [0.3, 0.4) is 0 Å². The maximum absolute atomic E-state index is 13.2. The Bertz CT molecular complexity index is 1030. The van der Waals surface area contributed by atoms with Crippen LogP contribution in [0.5, 0.6) is 0 Å². The molecule has 7 heteroatoms. The summed E-state index contributed by atoms with van der Waals surface area (Å²) in [5.41, 5.74) is 4.16. The van der Waals surface area contributed by atoms with E-state index in [9.17, 15) is 4.79 Å². The lowest BCUT2D eigenvalue weighted by molar-refractivity contribution is 0.0679. The molecular weight excluding hydrogens is 400 g/mol. The van der Waals surface area contributed by atoms with Crippen LogP contribution in [0.25, 0.3) is 0 Å². The van der Waals surface area contributed by atoms with Crippen LogP contribution in [-0.2, 0) is 13.0 Å². The Hall–Kier alpha value is -2.60. The lowest BCUT2D eigenvalue weighted by Crippen LogP contribution is -2.39. The van der Waals surface area contributed by atoms with E-state index in [0.717, 1.165) is 49.3 Å². The summed E-state index contributed by atoms with van der Waals surface area (Å²) >= 11 is 6.28. The Labute approximate surface area is 181 Å². The van der Waals surface area contributed by atoms with E-state index in [1.165, 1.54) is 5.56 Å². The van der Waals surface area contributed by atoms with Gasteiger partial charge in [-0.2, -0.15) is 5.10 Å². The maximum atomic E-state index is 13.2. The van der Waals surface area contributed by atoms with Crippen LogP contribution >= 0.6 is 11.6 Å². The Morgan fingerprint density at radius 3 is 2.50 bits per heavy atom. The summed E-state index contributed by atoms with van der Waals surface area (Å²) in [5.74, 6) is 1.18. The number of aromatic nitrogens is 3. The number of nitrogens with zero attached hydrogens (tertiary/aromatic N) is 4. The predicted octanol–water partition coefficient (Wildman–Crippen LogP) is 4.59. The number of hydrogen-bond acceptors (Lipinski definition) is 4. The molecule has 4 rings (SSSR count). The van der Waals surface area contributed by atoms with E-state index in [-0.39, 0.29) is 5.91 Å². The highest BCUT2D eigenvalue weighted by Gasteiger charge is 2.29. The fourth-order valence-electron chi connectivity index (χ4n) is 4.16. The highest BCUT2D eigenvalue weighted by Crippen LogP contribution is 2.26. The van der Waals surface area contributed by atoms with Crippen molar-refractivity contribution in [3.63, 3.8) is 0 Å². The summed E-state index contributed by atoms with van der Waals surface area (Å²) in [6.45, 7) is 7.53. The fourth-order valence-corrected chi connectivity index (χ4v) is 4.30. The maximum Gasteiger partial charge on any atom is 0.276 e. The summed E-state index contributed by atoms with van der Waals surface area (Å²) in [7, 11) is 0. The van der Waals surface area contributed by atoms with Crippen molar-refractivity contribution in [2.45, 2.75) is 46.6 Å². The average Bonchev–Trinajstić information content (AvgIpc) is 3.23. The Balaban J connectivity index is 1.44. The monoisotopic (exact) mass is 426 g/mol. The minimum Gasteiger partial charge on any atom is -0.361 e. The van der Waals surface area contributed by atoms with Crippen LogP contribution in [-0.4, -0.2) is 38.8 Å². The molecule has 0 saturated carbocycles. The van der Waals surface area contributed by atoms with E-state index < -0.39 is 0 Å². The number of aryl methyl sites for hydroxylation is 2. The molecule has 0 spiro atoms. The van der Waals surface area contributed by atoms with Gasteiger partial charge in [0.1, 0.15) is 5.76 Å². The zero-order valence-corrected chi connectivity index (χ0v) is 18.4. The molecular formula is C23H27ClN4O2. The second kappa shape index (κ2) is 8.64. The Morgan fingerprint density at radius 2 is 1.87 bits per heavy atom. The molecule has 0 bridgehead atoms. The van der Waals surface area contributed by atoms with Crippen LogP contribution < -0.4 is 0 Å². The van der Waals surface area contributed by atoms with Crippen molar-refractivity contribution >= 4 is 17.5 Å². The number of likely N-dealkylation sites (tertiary alicyclic amines) is 1. The first-order valence-electron chi connectivity index (χ1n) is 10.4. The number of carbonyl (C=O) groups excluding carboxylic acids is 1. The van der Waals surface area contributed by atoms with Gasteiger partial charge in [0.2, 0.25) is 0 Å². The van der Waals surface area contributed by atoms with E-state index in [4.69, 9.17) is 16.1 Å². The molecule has 3 aromatic rings. The molecule has 3 heterocycles. The van der Waals surface area contributed by atoms with Gasteiger partial charge in [0, 0.05) is 18.7 Å².